The van der Waals surface area contributed by atoms with Gasteiger partial charge in [0.25, 0.3) is 0 Å². The molecular formula is C13H18ClN3O. The van der Waals surface area contributed by atoms with E-state index in [1.807, 2.05) is 17.0 Å². The van der Waals surface area contributed by atoms with Crippen LogP contribution in [0.4, 0.5) is 10.5 Å². The lowest BCUT2D eigenvalue weighted by molar-refractivity contribution is 0.176. The summed E-state index contributed by atoms with van der Waals surface area (Å²) in [5.74, 6) is 0. The summed E-state index contributed by atoms with van der Waals surface area (Å²) in [4.78, 5) is 13.9. The van der Waals surface area contributed by atoms with Crippen LogP contribution in [0, 0.1) is 0 Å². The second-order valence-corrected chi connectivity index (χ2v) is 5.25. The van der Waals surface area contributed by atoms with Gasteiger partial charge in [0.15, 0.2) is 0 Å². The molecular weight excluding hydrogens is 250 g/mol. The maximum absolute atomic E-state index is 12.1. The maximum atomic E-state index is 12.1. The molecule has 0 radical (unpaired) electrons. The topological polar surface area (TPSA) is 44.4 Å². The van der Waals surface area contributed by atoms with Crippen molar-refractivity contribution in [1.29, 1.82) is 0 Å². The normalized spacial score (nSPS) is 23.8. The Morgan fingerprint density at radius 2 is 2.06 bits per heavy atom. The van der Waals surface area contributed by atoms with Gasteiger partial charge in [-0.3, -0.25) is 0 Å². The van der Waals surface area contributed by atoms with Crippen LogP contribution in [0.1, 0.15) is 13.8 Å². The van der Waals surface area contributed by atoms with Gasteiger partial charge in [-0.15, -0.1) is 0 Å². The van der Waals surface area contributed by atoms with Crippen molar-refractivity contribution >= 4 is 23.3 Å². The van der Waals surface area contributed by atoms with Crippen molar-refractivity contribution in [2.24, 2.45) is 0 Å². The van der Waals surface area contributed by atoms with Gasteiger partial charge < -0.3 is 15.5 Å². The quantitative estimate of drug-likeness (QED) is 0.821. The van der Waals surface area contributed by atoms with E-state index in [0.717, 1.165) is 18.8 Å². The summed E-state index contributed by atoms with van der Waals surface area (Å²) in [7, 11) is 0. The van der Waals surface area contributed by atoms with Crippen molar-refractivity contribution in [2.45, 2.75) is 25.9 Å². The predicted octanol–water partition coefficient (Wildman–Crippen LogP) is 2.55. The molecule has 2 rings (SSSR count). The number of nitrogens with one attached hydrogen (secondary N) is 2. The Morgan fingerprint density at radius 3 is 2.67 bits per heavy atom. The number of amides is 2. The molecule has 1 saturated heterocycles. The lowest BCUT2D eigenvalue weighted by atomic mass is 10.1. The number of benzene rings is 1. The highest BCUT2D eigenvalue weighted by molar-refractivity contribution is 6.30. The van der Waals surface area contributed by atoms with Crippen LogP contribution in [0.5, 0.6) is 0 Å². The minimum atomic E-state index is -0.0718. The van der Waals surface area contributed by atoms with E-state index in [1.54, 1.807) is 12.1 Å². The SMILES string of the molecule is CC1CN(C(=O)Nc2cccc(Cl)c2)CC(C)N1. The summed E-state index contributed by atoms with van der Waals surface area (Å²) in [5.41, 5.74) is 0.728. The Kier molecular flexibility index (Phi) is 4.09. The Morgan fingerprint density at radius 1 is 1.39 bits per heavy atom. The van der Waals surface area contributed by atoms with Gasteiger partial charge in [-0.2, -0.15) is 0 Å². The van der Waals surface area contributed by atoms with E-state index in [1.165, 1.54) is 0 Å². The summed E-state index contributed by atoms with van der Waals surface area (Å²) in [5, 5.41) is 6.88. The van der Waals surface area contributed by atoms with E-state index in [4.69, 9.17) is 11.6 Å². The third-order valence-electron chi connectivity index (χ3n) is 2.92. The molecule has 4 nitrogen and oxygen atoms in total. The number of rotatable bonds is 1. The second kappa shape index (κ2) is 5.59. The average Bonchev–Trinajstić information content (AvgIpc) is 2.27. The maximum Gasteiger partial charge on any atom is 0.321 e. The van der Waals surface area contributed by atoms with E-state index in [0.29, 0.717) is 17.1 Å². The predicted molar refractivity (Wildman–Crippen MR) is 74.1 cm³/mol. The molecule has 0 bridgehead atoms. The minimum Gasteiger partial charge on any atom is -0.321 e. The number of hydrogen-bond acceptors (Lipinski definition) is 2. The number of hydrogen-bond donors (Lipinski definition) is 2. The van der Waals surface area contributed by atoms with Crippen LogP contribution in [0.15, 0.2) is 24.3 Å². The fraction of sp³-hybridized carbons (Fsp3) is 0.462. The fourth-order valence-corrected chi connectivity index (χ4v) is 2.45. The fourth-order valence-electron chi connectivity index (χ4n) is 2.26. The number of carbonyl (C=O) groups is 1. The first-order chi connectivity index (χ1) is 8.54. The number of nitrogens with zero attached hydrogens (tertiary/aromatic N) is 1. The number of piperazine rings is 1. The van der Waals surface area contributed by atoms with Gasteiger partial charge >= 0.3 is 6.03 Å². The van der Waals surface area contributed by atoms with Crippen LogP contribution in [0.2, 0.25) is 5.02 Å². The van der Waals surface area contributed by atoms with Crippen molar-refractivity contribution in [3.05, 3.63) is 29.3 Å². The van der Waals surface area contributed by atoms with Crippen LogP contribution in [-0.4, -0.2) is 36.1 Å². The van der Waals surface area contributed by atoms with Crippen molar-refractivity contribution in [2.75, 3.05) is 18.4 Å². The molecule has 0 spiro atoms. The molecule has 18 heavy (non-hydrogen) atoms. The molecule has 1 aliphatic heterocycles. The van der Waals surface area contributed by atoms with Crippen LogP contribution in [0.3, 0.4) is 0 Å². The molecule has 0 saturated carbocycles. The summed E-state index contributed by atoms with van der Waals surface area (Å²) in [6.45, 7) is 5.60. The summed E-state index contributed by atoms with van der Waals surface area (Å²) >= 11 is 5.89. The molecule has 1 fully saturated rings. The molecule has 1 aromatic carbocycles. The molecule has 2 N–H and O–H groups in total. The highest BCUT2D eigenvalue weighted by Crippen LogP contribution is 2.16. The molecule has 2 amide bonds. The molecule has 5 heteroatoms. The van der Waals surface area contributed by atoms with Gasteiger partial charge in [0.05, 0.1) is 0 Å². The van der Waals surface area contributed by atoms with Crippen molar-refractivity contribution in [3.8, 4) is 0 Å². The molecule has 98 valence electrons. The summed E-state index contributed by atoms with van der Waals surface area (Å²) in [6, 6.07) is 7.75. The minimum absolute atomic E-state index is 0.0718. The Labute approximate surface area is 112 Å². The monoisotopic (exact) mass is 267 g/mol. The molecule has 2 atom stereocenters. The van der Waals surface area contributed by atoms with Gasteiger partial charge in [0, 0.05) is 35.9 Å². The van der Waals surface area contributed by atoms with Crippen molar-refractivity contribution in [3.63, 3.8) is 0 Å². The number of halogens is 1. The van der Waals surface area contributed by atoms with E-state index in [2.05, 4.69) is 24.5 Å². The highest BCUT2D eigenvalue weighted by Gasteiger charge is 2.24. The van der Waals surface area contributed by atoms with Gasteiger partial charge in [-0.1, -0.05) is 17.7 Å². The lowest BCUT2D eigenvalue weighted by Crippen LogP contribution is -2.56. The lowest BCUT2D eigenvalue weighted by Gasteiger charge is -2.36. The van der Waals surface area contributed by atoms with Gasteiger partial charge in [-0.05, 0) is 32.0 Å². The molecule has 1 aliphatic rings. The average molecular weight is 268 g/mol. The van der Waals surface area contributed by atoms with E-state index in [9.17, 15) is 4.79 Å². The Bertz CT molecular complexity index is 428. The first-order valence-corrected chi connectivity index (χ1v) is 6.50. The Balaban J connectivity index is 1.99. The number of urea groups is 1. The molecule has 1 heterocycles. The first kappa shape index (κ1) is 13.2. The van der Waals surface area contributed by atoms with Crippen LogP contribution < -0.4 is 10.6 Å². The third kappa shape index (κ3) is 3.37. The zero-order valence-electron chi connectivity index (χ0n) is 10.6. The van der Waals surface area contributed by atoms with Crippen molar-refractivity contribution < 1.29 is 4.79 Å². The van der Waals surface area contributed by atoms with Crippen LogP contribution in [0.25, 0.3) is 0 Å². The van der Waals surface area contributed by atoms with E-state index >= 15 is 0 Å². The smallest absolute Gasteiger partial charge is 0.321 e. The van der Waals surface area contributed by atoms with Crippen LogP contribution >= 0.6 is 11.6 Å². The van der Waals surface area contributed by atoms with Crippen LogP contribution in [-0.2, 0) is 0 Å². The van der Waals surface area contributed by atoms with Gasteiger partial charge in [0.1, 0.15) is 0 Å². The molecule has 1 aromatic rings. The largest absolute Gasteiger partial charge is 0.321 e. The molecule has 0 aliphatic carbocycles. The highest BCUT2D eigenvalue weighted by atomic mass is 35.5. The standard InChI is InChI=1S/C13H18ClN3O/c1-9-7-17(8-10(2)15-9)13(18)16-12-5-3-4-11(14)6-12/h3-6,9-10,15H,7-8H2,1-2H3,(H,16,18). The van der Waals surface area contributed by atoms with Gasteiger partial charge in [-0.25, -0.2) is 4.79 Å². The Hall–Kier alpha value is -1.26. The van der Waals surface area contributed by atoms with Gasteiger partial charge in [0.2, 0.25) is 0 Å². The summed E-state index contributed by atoms with van der Waals surface area (Å²) < 4.78 is 0. The third-order valence-corrected chi connectivity index (χ3v) is 3.16. The molecule has 2 unspecified atom stereocenters. The zero-order chi connectivity index (χ0) is 13.1. The molecule has 0 aromatic heterocycles. The number of anilines is 1. The number of carbonyl (C=O) groups excluding carboxylic acids is 1. The van der Waals surface area contributed by atoms with Crippen molar-refractivity contribution in [1.82, 2.24) is 10.2 Å². The van der Waals surface area contributed by atoms with E-state index < -0.39 is 0 Å². The summed E-state index contributed by atoms with van der Waals surface area (Å²) in [6.07, 6.45) is 0. The first-order valence-electron chi connectivity index (χ1n) is 6.12. The zero-order valence-corrected chi connectivity index (χ0v) is 11.4. The van der Waals surface area contributed by atoms with E-state index in [-0.39, 0.29) is 6.03 Å². The second-order valence-electron chi connectivity index (χ2n) is 4.81.